The van der Waals surface area contributed by atoms with Crippen LogP contribution in [0, 0.1) is 0 Å². The van der Waals surface area contributed by atoms with Crippen molar-refractivity contribution < 1.29 is 14.3 Å². The lowest BCUT2D eigenvalue weighted by atomic mass is 10.0. The number of ether oxygens (including phenoxy) is 2. The van der Waals surface area contributed by atoms with Crippen LogP contribution in [0.2, 0.25) is 0 Å². The number of carbonyl (C=O) groups excluding carboxylic acids is 1. The summed E-state index contributed by atoms with van der Waals surface area (Å²) in [7, 11) is 0. The topological polar surface area (TPSA) is 87.5 Å². The minimum atomic E-state index is -0.578. The molecule has 7 nitrogen and oxygen atoms in total. The summed E-state index contributed by atoms with van der Waals surface area (Å²) in [5.41, 5.74) is 9.47. The highest BCUT2D eigenvalue weighted by atomic mass is 16.6. The van der Waals surface area contributed by atoms with Gasteiger partial charge in [0.05, 0.1) is 12.1 Å². The molecule has 1 heterocycles. The molecule has 1 saturated heterocycles. The molecule has 1 fully saturated rings. The fourth-order valence-electron chi connectivity index (χ4n) is 2.92. The van der Waals surface area contributed by atoms with Crippen molar-refractivity contribution in [3.8, 4) is 5.75 Å². The van der Waals surface area contributed by atoms with Crippen LogP contribution in [-0.4, -0.2) is 41.8 Å². The van der Waals surface area contributed by atoms with Crippen molar-refractivity contribution in [2.45, 2.75) is 64.6 Å². The smallest absolute Gasteiger partial charge is 0.410 e. The molecule has 26 heavy (non-hydrogen) atoms. The van der Waals surface area contributed by atoms with Crippen LogP contribution < -0.4 is 4.74 Å². The van der Waals surface area contributed by atoms with Crippen LogP contribution in [0.4, 0.5) is 4.79 Å². The van der Waals surface area contributed by atoms with E-state index < -0.39 is 11.7 Å². The third kappa shape index (κ3) is 5.30. The van der Waals surface area contributed by atoms with Crippen LogP contribution in [0.15, 0.2) is 29.4 Å². The number of amides is 1. The molecule has 0 aliphatic carbocycles. The van der Waals surface area contributed by atoms with E-state index in [0.29, 0.717) is 18.9 Å². The maximum atomic E-state index is 12.5. The summed E-state index contributed by atoms with van der Waals surface area (Å²) in [5.74, 6) is 1.18. The SMILES string of the molecule is CC(C)c1ccc(OC[C@H]2[C@@H](N=[N+]=[N-])CCN2C(=O)OC(C)(C)C)cc1. The highest BCUT2D eigenvalue weighted by Crippen LogP contribution is 2.25. The summed E-state index contributed by atoms with van der Waals surface area (Å²) in [6.45, 7) is 10.5. The summed E-state index contributed by atoms with van der Waals surface area (Å²) in [4.78, 5) is 17.0. The Kier molecular flexibility index (Phi) is 6.37. The second-order valence-corrected chi connectivity index (χ2v) is 7.84. The van der Waals surface area contributed by atoms with Crippen LogP contribution in [0.5, 0.6) is 5.75 Å². The molecule has 0 bridgehead atoms. The number of hydrogen-bond donors (Lipinski definition) is 0. The van der Waals surface area contributed by atoms with Gasteiger partial charge in [0.15, 0.2) is 0 Å². The van der Waals surface area contributed by atoms with Crippen molar-refractivity contribution >= 4 is 6.09 Å². The van der Waals surface area contributed by atoms with Gasteiger partial charge in [-0.05, 0) is 56.3 Å². The third-order valence-electron chi connectivity index (χ3n) is 4.31. The van der Waals surface area contributed by atoms with Crippen molar-refractivity contribution in [3.63, 3.8) is 0 Å². The minimum absolute atomic E-state index is 0.254. The molecule has 1 aromatic carbocycles. The van der Waals surface area contributed by atoms with E-state index in [2.05, 4.69) is 23.9 Å². The number of likely N-dealkylation sites (tertiary alicyclic amines) is 1. The van der Waals surface area contributed by atoms with Crippen molar-refractivity contribution in [1.82, 2.24) is 4.90 Å². The molecule has 0 saturated carbocycles. The van der Waals surface area contributed by atoms with Gasteiger partial charge in [-0.25, -0.2) is 4.79 Å². The monoisotopic (exact) mass is 360 g/mol. The molecule has 0 radical (unpaired) electrons. The Balaban J connectivity index is 2.07. The van der Waals surface area contributed by atoms with E-state index in [1.54, 1.807) is 4.90 Å². The van der Waals surface area contributed by atoms with E-state index in [9.17, 15) is 4.79 Å². The van der Waals surface area contributed by atoms with E-state index in [4.69, 9.17) is 15.0 Å². The molecule has 0 unspecified atom stereocenters. The first kappa shape index (κ1) is 19.9. The van der Waals surface area contributed by atoms with Crippen molar-refractivity contribution in [2.75, 3.05) is 13.2 Å². The number of rotatable bonds is 5. The van der Waals surface area contributed by atoms with Gasteiger partial charge in [0.25, 0.3) is 0 Å². The van der Waals surface area contributed by atoms with E-state index in [0.717, 1.165) is 5.75 Å². The van der Waals surface area contributed by atoms with Crippen molar-refractivity contribution in [2.24, 2.45) is 5.11 Å². The zero-order valence-electron chi connectivity index (χ0n) is 16.2. The molecule has 0 aromatic heterocycles. The van der Waals surface area contributed by atoms with E-state index in [1.807, 2.05) is 45.0 Å². The molecular formula is C19H28N4O3. The maximum Gasteiger partial charge on any atom is 0.410 e. The number of hydrogen-bond acceptors (Lipinski definition) is 4. The molecule has 1 amide bonds. The minimum Gasteiger partial charge on any atom is -0.491 e. The fraction of sp³-hybridized carbons (Fsp3) is 0.632. The lowest BCUT2D eigenvalue weighted by Crippen LogP contribution is -2.45. The Bertz CT molecular complexity index is 660. The zero-order valence-corrected chi connectivity index (χ0v) is 16.2. The van der Waals surface area contributed by atoms with Crippen LogP contribution in [0.1, 0.15) is 52.5 Å². The Hall–Kier alpha value is -2.40. The third-order valence-corrected chi connectivity index (χ3v) is 4.31. The van der Waals surface area contributed by atoms with Gasteiger partial charge in [-0.2, -0.15) is 0 Å². The number of azide groups is 1. The molecule has 0 N–H and O–H groups in total. The summed E-state index contributed by atoms with van der Waals surface area (Å²) in [5, 5.41) is 3.83. The largest absolute Gasteiger partial charge is 0.491 e. The summed E-state index contributed by atoms with van der Waals surface area (Å²) in [6, 6.07) is 7.25. The quantitative estimate of drug-likeness (QED) is 0.426. The maximum absolute atomic E-state index is 12.5. The first-order valence-electron chi connectivity index (χ1n) is 8.98. The average Bonchev–Trinajstić information content (AvgIpc) is 2.95. The van der Waals surface area contributed by atoms with Gasteiger partial charge in [-0.15, -0.1) is 0 Å². The van der Waals surface area contributed by atoms with Gasteiger partial charge in [0.1, 0.15) is 18.0 Å². The van der Waals surface area contributed by atoms with Crippen LogP contribution in [0.3, 0.4) is 0 Å². The summed E-state index contributed by atoms with van der Waals surface area (Å²) < 4.78 is 11.3. The molecular weight excluding hydrogens is 332 g/mol. The molecule has 2 atom stereocenters. The molecule has 1 aliphatic rings. The molecule has 142 valence electrons. The fourth-order valence-corrected chi connectivity index (χ4v) is 2.92. The van der Waals surface area contributed by atoms with Gasteiger partial charge in [-0.1, -0.05) is 31.1 Å². The van der Waals surface area contributed by atoms with Crippen molar-refractivity contribution in [3.05, 3.63) is 40.3 Å². The van der Waals surface area contributed by atoms with Gasteiger partial charge in [0.2, 0.25) is 0 Å². The lowest BCUT2D eigenvalue weighted by Gasteiger charge is -2.29. The Morgan fingerprint density at radius 1 is 1.35 bits per heavy atom. The van der Waals surface area contributed by atoms with E-state index in [1.165, 1.54) is 5.56 Å². The standard InChI is InChI=1S/C19H28N4O3/c1-13(2)14-6-8-15(9-7-14)25-12-17-16(21-22-20)10-11-23(17)18(24)26-19(3,4)5/h6-9,13,16-17H,10-12H2,1-5H3/t16-,17-/m0/s1. The van der Waals surface area contributed by atoms with E-state index >= 15 is 0 Å². The molecule has 0 spiro atoms. The Labute approximate surface area is 154 Å². The molecule has 2 rings (SSSR count). The lowest BCUT2D eigenvalue weighted by molar-refractivity contribution is 0.0179. The summed E-state index contributed by atoms with van der Waals surface area (Å²) in [6.07, 6.45) is 0.195. The first-order valence-corrected chi connectivity index (χ1v) is 8.98. The predicted molar refractivity (Wildman–Crippen MR) is 100 cm³/mol. The number of nitrogens with zero attached hydrogens (tertiary/aromatic N) is 4. The van der Waals surface area contributed by atoms with Gasteiger partial charge >= 0.3 is 6.09 Å². The van der Waals surface area contributed by atoms with E-state index in [-0.39, 0.29) is 18.7 Å². The zero-order chi connectivity index (χ0) is 19.3. The second kappa shape index (κ2) is 8.32. The normalized spacial score (nSPS) is 20.0. The Morgan fingerprint density at radius 3 is 2.54 bits per heavy atom. The molecule has 1 aromatic rings. The Morgan fingerprint density at radius 2 is 2.00 bits per heavy atom. The van der Waals surface area contributed by atoms with Crippen LogP contribution in [-0.2, 0) is 4.74 Å². The molecule has 1 aliphatic heterocycles. The van der Waals surface area contributed by atoms with Crippen LogP contribution in [0.25, 0.3) is 10.4 Å². The second-order valence-electron chi connectivity index (χ2n) is 7.84. The average molecular weight is 360 g/mol. The van der Waals surface area contributed by atoms with Crippen molar-refractivity contribution in [1.29, 1.82) is 0 Å². The first-order chi connectivity index (χ1) is 12.2. The number of benzene rings is 1. The predicted octanol–water partition coefficient (Wildman–Crippen LogP) is 4.88. The molecule has 7 heteroatoms. The number of carbonyl (C=O) groups is 1. The van der Waals surface area contributed by atoms with Gasteiger partial charge in [-0.3, -0.25) is 0 Å². The highest BCUT2D eigenvalue weighted by Gasteiger charge is 2.39. The van der Waals surface area contributed by atoms with Crippen LogP contribution >= 0.6 is 0 Å². The van der Waals surface area contributed by atoms with Gasteiger partial charge in [0, 0.05) is 11.5 Å². The highest BCUT2D eigenvalue weighted by molar-refractivity contribution is 5.69. The summed E-state index contributed by atoms with van der Waals surface area (Å²) >= 11 is 0. The van der Waals surface area contributed by atoms with Gasteiger partial charge < -0.3 is 14.4 Å².